The van der Waals surface area contributed by atoms with Gasteiger partial charge in [-0.1, -0.05) is 29.3 Å². The lowest BCUT2D eigenvalue weighted by Gasteiger charge is -2.19. The smallest absolute Gasteiger partial charge is 0.251 e. The fourth-order valence-electron chi connectivity index (χ4n) is 2.36. The highest BCUT2D eigenvalue weighted by Gasteiger charge is 2.47. The number of halogens is 3. The molecule has 1 N–H and O–H groups in total. The molecule has 1 aliphatic rings. The lowest BCUT2D eigenvalue weighted by molar-refractivity contribution is 0.0931. The van der Waals surface area contributed by atoms with E-state index in [-0.39, 0.29) is 11.7 Å². The van der Waals surface area contributed by atoms with Gasteiger partial charge in [-0.25, -0.2) is 4.39 Å². The zero-order valence-electron chi connectivity index (χ0n) is 11.0. The molecule has 0 radical (unpaired) electrons. The van der Waals surface area contributed by atoms with Crippen LogP contribution in [0.1, 0.15) is 28.8 Å². The summed E-state index contributed by atoms with van der Waals surface area (Å²) in [7, 11) is 0. The van der Waals surface area contributed by atoms with Crippen molar-refractivity contribution >= 4 is 29.1 Å². The number of carbonyl (C=O) groups is 1. The van der Waals surface area contributed by atoms with E-state index in [4.69, 9.17) is 23.2 Å². The fourth-order valence-corrected chi connectivity index (χ4v) is 2.94. The van der Waals surface area contributed by atoms with E-state index in [1.54, 1.807) is 12.1 Å². The van der Waals surface area contributed by atoms with Crippen molar-refractivity contribution in [2.24, 2.45) is 0 Å². The average Bonchev–Trinajstić information content (AvgIpc) is 3.19. The summed E-state index contributed by atoms with van der Waals surface area (Å²) in [6.07, 6.45) is 1.64. The molecule has 2 aromatic carbocycles. The molecule has 0 saturated heterocycles. The zero-order chi connectivity index (χ0) is 15.0. The highest BCUT2D eigenvalue weighted by molar-refractivity contribution is 6.35. The van der Waals surface area contributed by atoms with Gasteiger partial charge in [-0.05, 0) is 54.8 Å². The van der Waals surface area contributed by atoms with E-state index in [1.165, 1.54) is 24.3 Å². The van der Waals surface area contributed by atoms with Crippen LogP contribution in [-0.4, -0.2) is 5.91 Å². The third kappa shape index (κ3) is 2.89. The maximum atomic E-state index is 12.9. The van der Waals surface area contributed by atoms with Crippen molar-refractivity contribution in [1.29, 1.82) is 0 Å². The number of hydrogen-bond donors (Lipinski definition) is 1. The van der Waals surface area contributed by atoms with Gasteiger partial charge in [0, 0.05) is 15.6 Å². The van der Waals surface area contributed by atoms with Gasteiger partial charge >= 0.3 is 0 Å². The van der Waals surface area contributed by atoms with E-state index < -0.39 is 5.54 Å². The number of nitrogens with one attached hydrogen (secondary N) is 1. The van der Waals surface area contributed by atoms with Gasteiger partial charge in [-0.3, -0.25) is 4.79 Å². The largest absolute Gasteiger partial charge is 0.342 e. The molecule has 0 bridgehead atoms. The number of amides is 1. The third-order valence-electron chi connectivity index (χ3n) is 3.66. The summed E-state index contributed by atoms with van der Waals surface area (Å²) >= 11 is 12.1. The Kier molecular flexibility index (Phi) is 3.64. The van der Waals surface area contributed by atoms with Crippen LogP contribution in [0.25, 0.3) is 0 Å². The van der Waals surface area contributed by atoms with Crippen LogP contribution in [0.4, 0.5) is 4.39 Å². The van der Waals surface area contributed by atoms with E-state index in [0.717, 1.165) is 18.4 Å². The van der Waals surface area contributed by atoms with Crippen LogP contribution in [-0.2, 0) is 5.54 Å². The van der Waals surface area contributed by atoms with Crippen molar-refractivity contribution in [3.63, 3.8) is 0 Å². The van der Waals surface area contributed by atoms with E-state index in [1.807, 2.05) is 6.07 Å². The van der Waals surface area contributed by atoms with Crippen LogP contribution < -0.4 is 5.32 Å². The molecule has 1 aliphatic carbocycles. The van der Waals surface area contributed by atoms with Crippen LogP contribution in [0.3, 0.4) is 0 Å². The van der Waals surface area contributed by atoms with E-state index in [0.29, 0.717) is 15.6 Å². The Bertz CT molecular complexity index is 696. The van der Waals surface area contributed by atoms with Gasteiger partial charge in [0.05, 0.1) is 5.54 Å². The molecule has 1 amide bonds. The van der Waals surface area contributed by atoms with Crippen molar-refractivity contribution in [2.75, 3.05) is 0 Å². The molecule has 0 atom stereocenters. The van der Waals surface area contributed by atoms with Crippen molar-refractivity contribution in [2.45, 2.75) is 18.4 Å². The van der Waals surface area contributed by atoms with Gasteiger partial charge < -0.3 is 5.32 Å². The van der Waals surface area contributed by atoms with E-state index in [9.17, 15) is 9.18 Å². The van der Waals surface area contributed by atoms with Crippen molar-refractivity contribution in [3.8, 4) is 0 Å². The highest BCUT2D eigenvalue weighted by atomic mass is 35.5. The van der Waals surface area contributed by atoms with Crippen molar-refractivity contribution in [3.05, 3.63) is 69.5 Å². The van der Waals surface area contributed by atoms with Crippen LogP contribution in [0.15, 0.2) is 42.5 Å². The Balaban J connectivity index is 1.83. The number of hydrogen-bond acceptors (Lipinski definition) is 1. The second-order valence-corrected chi connectivity index (χ2v) is 6.01. The minimum absolute atomic E-state index is 0.237. The van der Waals surface area contributed by atoms with Crippen LogP contribution in [0.5, 0.6) is 0 Å². The second-order valence-electron chi connectivity index (χ2n) is 5.17. The molecule has 0 unspecified atom stereocenters. The molecular formula is C16H12Cl2FNO. The van der Waals surface area contributed by atoms with Gasteiger partial charge in [0.1, 0.15) is 5.82 Å². The first-order valence-corrected chi connectivity index (χ1v) is 7.29. The maximum absolute atomic E-state index is 12.9. The summed E-state index contributed by atoms with van der Waals surface area (Å²) in [6, 6.07) is 10.7. The van der Waals surface area contributed by atoms with Gasteiger partial charge in [0.25, 0.3) is 5.91 Å². The summed E-state index contributed by atoms with van der Waals surface area (Å²) < 4.78 is 12.9. The van der Waals surface area contributed by atoms with Crippen LogP contribution in [0.2, 0.25) is 10.0 Å². The van der Waals surface area contributed by atoms with Gasteiger partial charge in [0.2, 0.25) is 0 Å². The molecule has 3 rings (SSSR count). The molecule has 0 spiro atoms. The summed E-state index contributed by atoms with van der Waals surface area (Å²) in [5, 5.41) is 4.09. The van der Waals surface area contributed by atoms with E-state index in [2.05, 4.69) is 5.32 Å². The molecule has 5 heteroatoms. The predicted octanol–water partition coefficient (Wildman–Crippen LogP) is 4.55. The standard InChI is InChI=1S/C16H12Cl2FNO/c17-11-3-6-13(14(18)9-11)16(7-8-16)20-15(21)10-1-4-12(19)5-2-10/h1-6,9H,7-8H2,(H,20,21). The maximum Gasteiger partial charge on any atom is 0.251 e. The first kappa shape index (κ1) is 14.4. The number of benzene rings is 2. The highest BCUT2D eigenvalue weighted by Crippen LogP contribution is 2.48. The topological polar surface area (TPSA) is 29.1 Å². The zero-order valence-corrected chi connectivity index (χ0v) is 12.5. The predicted molar refractivity (Wildman–Crippen MR) is 81.2 cm³/mol. The number of carbonyl (C=O) groups excluding carboxylic acids is 1. The van der Waals surface area contributed by atoms with Crippen molar-refractivity contribution in [1.82, 2.24) is 5.32 Å². The third-order valence-corrected chi connectivity index (χ3v) is 4.20. The lowest BCUT2D eigenvalue weighted by Crippen LogP contribution is -2.35. The van der Waals surface area contributed by atoms with Crippen LogP contribution in [0, 0.1) is 5.82 Å². The Morgan fingerprint density at radius 2 is 1.76 bits per heavy atom. The molecule has 1 fully saturated rings. The molecule has 1 saturated carbocycles. The molecule has 0 aliphatic heterocycles. The minimum atomic E-state index is -0.437. The quantitative estimate of drug-likeness (QED) is 0.881. The molecule has 0 aromatic heterocycles. The summed E-state index contributed by atoms with van der Waals surface area (Å²) in [4.78, 5) is 12.3. The first-order chi connectivity index (χ1) is 10.00. The molecule has 108 valence electrons. The Morgan fingerprint density at radius 3 is 2.33 bits per heavy atom. The minimum Gasteiger partial charge on any atom is -0.342 e. The van der Waals surface area contributed by atoms with Gasteiger partial charge in [0.15, 0.2) is 0 Å². The normalized spacial score (nSPS) is 15.6. The SMILES string of the molecule is O=C(NC1(c2ccc(Cl)cc2Cl)CC1)c1ccc(F)cc1. The Labute approximate surface area is 131 Å². The molecule has 0 heterocycles. The fraction of sp³-hybridized carbons (Fsp3) is 0.188. The summed E-state index contributed by atoms with van der Waals surface area (Å²) in [5.41, 5.74) is 0.851. The molecule has 2 nitrogen and oxygen atoms in total. The monoisotopic (exact) mass is 323 g/mol. The van der Waals surface area contributed by atoms with Crippen molar-refractivity contribution < 1.29 is 9.18 Å². The summed E-state index contributed by atoms with van der Waals surface area (Å²) in [5.74, 6) is -0.605. The Hall–Kier alpha value is -1.58. The van der Waals surface area contributed by atoms with Gasteiger partial charge in [-0.2, -0.15) is 0 Å². The second kappa shape index (κ2) is 5.32. The Morgan fingerprint density at radius 1 is 1.10 bits per heavy atom. The van der Waals surface area contributed by atoms with Gasteiger partial charge in [-0.15, -0.1) is 0 Å². The van der Waals surface area contributed by atoms with E-state index >= 15 is 0 Å². The number of rotatable bonds is 3. The molecule has 2 aromatic rings. The first-order valence-electron chi connectivity index (χ1n) is 6.54. The lowest BCUT2D eigenvalue weighted by atomic mass is 10.0. The molecule has 21 heavy (non-hydrogen) atoms. The van der Waals surface area contributed by atoms with Crippen LogP contribution >= 0.6 is 23.2 Å². The molecular weight excluding hydrogens is 312 g/mol. The average molecular weight is 324 g/mol. The summed E-state index contributed by atoms with van der Waals surface area (Å²) in [6.45, 7) is 0.